The van der Waals surface area contributed by atoms with Gasteiger partial charge in [-0.15, -0.1) is 0 Å². The molecule has 0 saturated heterocycles. The van der Waals surface area contributed by atoms with Gasteiger partial charge in [-0.2, -0.15) is 0 Å². The van der Waals surface area contributed by atoms with Crippen LogP contribution >= 0.6 is 0 Å². The Balaban J connectivity index is 1.84. The minimum atomic E-state index is 0.594. The van der Waals surface area contributed by atoms with Crippen LogP contribution in [0.15, 0.2) is 24.3 Å². The van der Waals surface area contributed by atoms with Gasteiger partial charge in [0.25, 0.3) is 0 Å². The minimum absolute atomic E-state index is 0.594. The summed E-state index contributed by atoms with van der Waals surface area (Å²) in [5.74, 6) is 2.57. The van der Waals surface area contributed by atoms with Crippen molar-refractivity contribution in [2.75, 3.05) is 13.2 Å². The highest BCUT2D eigenvalue weighted by atomic mass is 16.5. The number of benzene rings is 1. The predicted molar refractivity (Wildman–Crippen MR) is 71.6 cm³/mol. The molecule has 1 aromatic rings. The van der Waals surface area contributed by atoms with Gasteiger partial charge < -0.3 is 10.1 Å². The molecule has 0 radical (unpaired) electrons. The SMILES string of the molecule is CCOc1ccc(C2CC2CNC(C)C)cc1. The van der Waals surface area contributed by atoms with Crippen molar-refractivity contribution in [2.45, 2.75) is 39.2 Å². The molecule has 2 heteroatoms. The standard InChI is InChI=1S/C15H23NO/c1-4-17-14-7-5-12(6-8-14)15-9-13(15)10-16-11(2)3/h5-8,11,13,15-16H,4,9-10H2,1-3H3. The normalized spacial score (nSPS) is 22.8. The van der Waals surface area contributed by atoms with Crippen molar-refractivity contribution < 1.29 is 4.74 Å². The summed E-state index contributed by atoms with van der Waals surface area (Å²) in [6.45, 7) is 8.31. The first kappa shape index (κ1) is 12.4. The Labute approximate surface area is 104 Å². The maximum atomic E-state index is 5.45. The molecule has 2 nitrogen and oxygen atoms in total. The fourth-order valence-corrected chi connectivity index (χ4v) is 2.25. The second-order valence-corrected chi connectivity index (χ2v) is 5.17. The Morgan fingerprint density at radius 3 is 2.59 bits per heavy atom. The number of hydrogen-bond acceptors (Lipinski definition) is 2. The number of nitrogens with one attached hydrogen (secondary N) is 1. The Bertz CT molecular complexity index is 344. The summed E-state index contributed by atoms with van der Waals surface area (Å²) >= 11 is 0. The summed E-state index contributed by atoms with van der Waals surface area (Å²) < 4.78 is 5.45. The molecule has 2 atom stereocenters. The molecule has 0 aliphatic heterocycles. The van der Waals surface area contributed by atoms with Gasteiger partial charge in [0.15, 0.2) is 0 Å². The van der Waals surface area contributed by atoms with Crippen LogP contribution in [0.5, 0.6) is 5.75 Å². The van der Waals surface area contributed by atoms with Crippen molar-refractivity contribution >= 4 is 0 Å². The van der Waals surface area contributed by atoms with Crippen LogP contribution in [0.3, 0.4) is 0 Å². The zero-order valence-electron chi connectivity index (χ0n) is 11.1. The van der Waals surface area contributed by atoms with E-state index in [0.717, 1.165) is 30.7 Å². The molecule has 1 N–H and O–H groups in total. The van der Waals surface area contributed by atoms with Gasteiger partial charge in [0.2, 0.25) is 0 Å². The van der Waals surface area contributed by atoms with Crippen LogP contribution in [-0.2, 0) is 0 Å². The van der Waals surface area contributed by atoms with Gasteiger partial charge in [-0.05, 0) is 49.4 Å². The van der Waals surface area contributed by atoms with Crippen molar-refractivity contribution in [3.8, 4) is 5.75 Å². The summed E-state index contributed by atoms with van der Waals surface area (Å²) in [5, 5.41) is 3.51. The van der Waals surface area contributed by atoms with Crippen molar-refractivity contribution in [2.24, 2.45) is 5.92 Å². The second-order valence-electron chi connectivity index (χ2n) is 5.17. The summed E-state index contributed by atoms with van der Waals surface area (Å²) in [7, 11) is 0. The van der Waals surface area contributed by atoms with E-state index >= 15 is 0 Å². The Kier molecular flexibility index (Phi) is 4.06. The van der Waals surface area contributed by atoms with Gasteiger partial charge in [-0.3, -0.25) is 0 Å². The molecule has 1 aliphatic rings. The molecule has 1 aliphatic carbocycles. The highest BCUT2D eigenvalue weighted by Crippen LogP contribution is 2.47. The maximum absolute atomic E-state index is 5.45. The van der Waals surface area contributed by atoms with Crippen LogP contribution in [0, 0.1) is 5.92 Å². The highest BCUT2D eigenvalue weighted by molar-refractivity contribution is 5.32. The maximum Gasteiger partial charge on any atom is 0.119 e. The minimum Gasteiger partial charge on any atom is -0.494 e. The summed E-state index contributed by atoms with van der Waals surface area (Å²) in [6, 6.07) is 9.20. The Hall–Kier alpha value is -1.02. The third kappa shape index (κ3) is 3.47. The van der Waals surface area contributed by atoms with E-state index in [4.69, 9.17) is 4.74 Å². The van der Waals surface area contributed by atoms with Gasteiger partial charge >= 0.3 is 0 Å². The molecule has 94 valence electrons. The van der Waals surface area contributed by atoms with Crippen LogP contribution in [0.2, 0.25) is 0 Å². The highest BCUT2D eigenvalue weighted by Gasteiger charge is 2.37. The van der Waals surface area contributed by atoms with Crippen LogP contribution in [0.1, 0.15) is 38.7 Å². The van der Waals surface area contributed by atoms with Crippen LogP contribution in [0.4, 0.5) is 0 Å². The molecule has 0 spiro atoms. The zero-order chi connectivity index (χ0) is 12.3. The number of ether oxygens (including phenoxy) is 1. The average Bonchev–Trinajstić information content (AvgIpc) is 3.07. The van der Waals surface area contributed by atoms with Crippen LogP contribution in [-0.4, -0.2) is 19.2 Å². The summed E-state index contributed by atoms with van der Waals surface area (Å²) in [6.07, 6.45) is 1.33. The largest absolute Gasteiger partial charge is 0.494 e. The first-order valence-electron chi connectivity index (χ1n) is 6.66. The van der Waals surface area contributed by atoms with Crippen molar-refractivity contribution in [1.82, 2.24) is 5.32 Å². The second kappa shape index (κ2) is 5.54. The molecule has 2 rings (SSSR count). The third-order valence-electron chi connectivity index (χ3n) is 3.33. The lowest BCUT2D eigenvalue weighted by Crippen LogP contribution is -2.25. The first-order chi connectivity index (χ1) is 8.20. The van der Waals surface area contributed by atoms with Crippen LogP contribution < -0.4 is 10.1 Å². The van der Waals surface area contributed by atoms with Gasteiger partial charge in [-0.1, -0.05) is 26.0 Å². The number of rotatable bonds is 6. The Morgan fingerprint density at radius 1 is 1.29 bits per heavy atom. The predicted octanol–water partition coefficient (Wildman–Crippen LogP) is 3.19. The molecule has 2 unspecified atom stereocenters. The lowest BCUT2D eigenvalue weighted by Gasteiger charge is -2.08. The quantitative estimate of drug-likeness (QED) is 0.814. The molecule has 0 amide bonds. The van der Waals surface area contributed by atoms with E-state index in [0.29, 0.717) is 6.04 Å². The van der Waals surface area contributed by atoms with Gasteiger partial charge in [-0.25, -0.2) is 0 Å². The van der Waals surface area contributed by atoms with Crippen molar-refractivity contribution in [3.05, 3.63) is 29.8 Å². The monoisotopic (exact) mass is 233 g/mol. The van der Waals surface area contributed by atoms with E-state index in [2.05, 4.69) is 43.4 Å². The summed E-state index contributed by atoms with van der Waals surface area (Å²) in [5.41, 5.74) is 1.46. The lowest BCUT2D eigenvalue weighted by atomic mass is 10.1. The molecule has 1 aromatic carbocycles. The van der Waals surface area contributed by atoms with E-state index in [1.807, 2.05) is 6.92 Å². The average molecular weight is 233 g/mol. The molecular weight excluding hydrogens is 210 g/mol. The smallest absolute Gasteiger partial charge is 0.119 e. The van der Waals surface area contributed by atoms with Gasteiger partial charge in [0.05, 0.1) is 6.61 Å². The number of hydrogen-bond donors (Lipinski definition) is 1. The van der Waals surface area contributed by atoms with Gasteiger partial charge in [0.1, 0.15) is 5.75 Å². The van der Waals surface area contributed by atoms with E-state index in [1.165, 1.54) is 12.0 Å². The van der Waals surface area contributed by atoms with Crippen molar-refractivity contribution in [3.63, 3.8) is 0 Å². The van der Waals surface area contributed by atoms with E-state index in [1.54, 1.807) is 0 Å². The molecule has 0 aromatic heterocycles. The topological polar surface area (TPSA) is 21.3 Å². The summed E-state index contributed by atoms with van der Waals surface area (Å²) in [4.78, 5) is 0. The lowest BCUT2D eigenvalue weighted by molar-refractivity contribution is 0.340. The van der Waals surface area contributed by atoms with E-state index in [-0.39, 0.29) is 0 Å². The molecule has 1 saturated carbocycles. The molecular formula is C15H23NO. The molecule has 1 fully saturated rings. The van der Waals surface area contributed by atoms with E-state index in [9.17, 15) is 0 Å². The fraction of sp³-hybridized carbons (Fsp3) is 0.600. The molecule has 0 heterocycles. The Morgan fingerprint density at radius 2 is 2.00 bits per heavy atom. The van der Waals surface area contributed by atoms with Crippen molar-refractivity contribution in [1.29, 1.82) is 0 Å². The zero-order valence-corrected chi connectivity index (χ0v) is 11.1. The van der Waals surface area contributed by atoms with Gasteiger partial charge in [0, 0.05) is 6.04 Å². The van der Waals surface area contributed by atoms with E-state index < -0.39 is 0 Å². The first-order valence-corrected chi connectivity index (χ1v) is 6.66. The molecule has 17 heavy (non-hydrogen) atoms. The fourth-order valence-electron chi connectivity index (χ4n) is 2.25. The third-order valence-corrected chi connectivity index (χ3v) is 3.33. The van der Waals surface area contributed by atoms with Crippen LogP contribution in [0.25, 0.3) is 0 Å². The molecule has 0 bridgehead atoms.